The molecule has 9 heteroatoms. The van der Waals surface area contributed by atoms with E-state index in [2.05, 4.69) is 12.2 Å². The van der Waals surface area contributed by atoms with E-state index in [0.29, 0.717) is 6.54 Å². The van der Waals surface area contributed by atoms with Crippen LogP contribution in [0.25, 0.3) is 0 Å². The van der Waals surface area contributed by atoms with Gasteiger partial charge in [-0.3, -0.25) is 9.11 Å². The number of rotatable bonds is 19. The fraction of sp³-hybridized carbons (Fsp3) is 1.00. The lowest BCUT2D eigenvalue weighted by molar-refractivity contribution is 0.449. The molecule has 0 aliphatic rings. The number of unbranched alkanes of at least 4 members (excludes halogenated alkanes) is 13. The van der Waals surface area contributed by atoms with E-state index in [-0.39, 0.29) is 0 Å². The largest absolute Gasteiger partial charge is 0.314 e. The van der Waals surface area contributed by atoms with Crippen molar-refractivity contribution in [2.24, 2.45) is 0 Å². The smallest absolute Gasteiger partial charge is 0.286 e. The van der Waals surface area contributed by atoms with Gasteiger partial charge in [0.15, 0.2) is 0 Å². The summed E-state index contributed by atoms with van der Waals surface area (Å²) in [6, 6.07) is 0. The minimum absolute atomic E-state index is 0.444. The third kappa shape index (κ3) is 16.4. The first-order valence-corrected chi connectivity index (χ1v) is 13.3. The van der Waals surface area contributed by atoms with Gasteiger partial charge in [-0.25, -0.2) is 0 Å². The summed E-state index contributed by atoms with van der Waals surface area (Å²) in [5.41, 5.74) is 0. The molecule has 3 N–H and O–H groups in total. The molecule has 0 bridgehead atoms. The van der Waals surface area contributed by atoms with Gasteiger partial charge in [0.1, 0.15) is 0 Å². The minimum atomic E-state index is -4.84. The van der Waals surface area contributed by atoms with Crippen LogP contribution in [-0.2, 0) is 20.2 Å². The molecule has 0 rings (SSSR count). The predicted molar refractivity (Wildman–Crippen MR) is 110 cm³/mol. The Hall–Kier alpha value is -0.220. The molecule has 0 aliphatic carbocycles. The van der Waals surface area contributed by atoms with Crippen molar-refractivity contribution < 1.29 is 25.9 Å². The summed E-state index contributed by atoms with van der Waals surface area (Å²) in [4.78, 5) is 0. The van der Waals surface area contributed by atoms with E-state index in [1.54, 1.807) is 0 Å². The van der Waals surface area contributed by atoms with Crippen molar-refractivity contribution in [1.29, 1.82) is 0 Å². The molecule has 7 nitrogen and oxygen atoms in total. The Morgan fingerprint density at radius 3 is 1.30 bits per heavy atom. The van der Waals surface area contributed by atoms with Gasteiger partial charge < -0.3 is 5.32 Å². The van der Waals surface area contributed by atoms with Crippen molar-refractivity contribution in [3.8, 4) is 0 Å². The Kier molecular flexibility index (Phi) is 15.5. The fourth-order valence-electron chi connectivity index (χ4n) is 3.03. The summed E-state index contributed by atoms with van der Waals surface area (Å²) < 4.78 is 59.2. The highest BCUT2D eigenvalue weighted by Gasteiger charge is 2.34. The minimum Gasteiger partial charge on any atom is -0.314 e. The van der Waals surface area contributed by atoms with Gasteiger partial charge in [-0.05, 0) is 13.0 Å². The molecule has 0 amide bonds. The molecule has 0 aliphatic heterocycles. The molecule has 0 aromatic heterocycles. The summed E-state index contributed by atoms with van der Waals surface area (Å²) in [7, 11) is -9.69. The topological polar surface area (TPSA) is 121 Å². The van der Waals surface area contributed by atoms with Crippen molar-refractivity contribution >= 4 is 20.2 Å². The molecular formula is C18H39NO6S2. The highest BCUT2D eigenvalue weighted by atomic mass is 32.3. The zero-order valence-electron chi connectivity index (χ0n) is 16.7. The zero-order valence-corrected chi connectivity index (χ0v) is 18.4. The van der Waals surface area contributed by atoms with Crippen molar-refractivity contribution in [3.05, 3.63) is 0 Å². The monoisotopic (exact) mass is 429 g/mol. The summed E-state index contributed by atoms with van der Waals surface area (Å²) in [6.45, 7) is 2.16. The molecule has 0 heterocycles. The van der Waals surface area contributed by atoms with Gasteiger partial charge in [0.2, 0.25) is 4.58 Å². The van der Waals surface area contributed by atoms with Gasteiger partial charge in [0, 0.05) is 6.54 Å². The average Bonchev–Trinajstić information content (AvgIpc) is 2.55. The Labute approximate surface area is 166 Å². The van der Waals surface area contributed by atoms with Crippen LogP contribution in [0.3, 0.4) is 0 Å². The van der Waals surface area contributed by atoms with Crippen LogP contribution in [-0.4, -0.2) is 43.6 Å². The van der Waals surface area contributed by atoms with Crippen LogP contribution in [0, 0.1) is 0 Å². The number of nitrogens with one attached hydrogen (secondary N) is 1. The lowest BCUT2D eigenvalue weighted by atomic mass is 10.0. The summed E-state index contributed by atoms with van der Waals surface area (Å²) in [6.07, 6.45) is 17.3. The molecule has 0 radical (unpaired) electrons. The Balaban J connectivity index is 3.45. The second kappa shape index (κ2) is 15.7. The molecule has 164 valence electrons. The standard InChI is InChI=1S/C18H39NO6S2/c1-2-3-4-5-6-7-8-9-10-11-12-13-14-15-16-19-17-18(26(20,21)22)27(23,24)25/h18-19H,2-17H2,1H3,(H,20,21,22)(H,23,24,25). The molecule has 27 heavy (non-hydrogen) atoms. The first-order chi connectivity index (χ1) is 12.7. The maximum absolute atomic E-state index is 10.9. The molecular weight excluding hydrogens is 390 g/mol. The molecule has 0 aromatic rings. The van der Waals surface area contributed by atoms with Gasteiger partial charge in [-0.1, -0.05) is 90.4 Å². The van der Waals surface area contributed by atoms with E-state index in [1.807, 2.05) is 0 Å². The first kappa shape index (κ1) is 26.8. The third-order valence-electron chi connectivity index (χ3n) is 4.68. The highest BCUT2D eigenvalue weighted by Crippen LogP contribution is 2.13. The lowest BCUT2D eigenvalue weighted by Crippen LogP contribution is -2.39. The van der Waals surface area contributed by atoms with E-state index < -0.39 is 31.4 Å². The predicted octanol–water partition coefficient (Wildman–Crippen LogP) is 4.16. The molecule has 0 saturated heterocycles. The second-order valence-corrected chi connectivity index (χ2v) is 10.8. The Morgan fingerprint density at radius 1 is 0.630 bits per heavy atom. The Bertz CT molecular complexity index is 516. The summed E-state index contributed by atoms with van der Waals surface area (Å²) in [5, 5.41) is 2.66. The van der Waals surface area contributed by atoms with Crippen LogP contribution in [0.1, 0.15) is 96.8 Å². The van der Waals surface area contributed by atoms with Gasteiger partial charge in [0.25, 0.3) is 20.2 Å². The third-order valence-corrected chi connectivity index (χ3v) is 7.80. The van der Waals surface area contributed by atoms with Crippen LogP contribution in [0.5, 0.6) is 0 Å². The molecule has 0 atom stereocenters. The molecule has 0 spiro atoms. The normalized spacial score (nSPS) is 12.7. The first-order valence-electron chi connectivity index (χ1n) is 10.3. The van der Waals surface area contributed by atoms with Crippen molar-refractivity contribution in [2.75, 3.05) is 13.1 Å². The summed E-state index contributed by atoms with van der Waals surface area (Å²) in [5.74, 6) is 0. The molecule has 0 aromatic carbocycles. The van der Waals surface area contributed by atoms with E-state index in [1.165, 1.54) is 70.6 Å². The second-order valence-electron chi connectivity index (χ2n) is 7.26. The van der Waals surface area contributed by atoms with Crippen LogP contribution in [0.4, 0.5) is 0 Å². The molecule has 0 fully saturated rings. The van der Waals surface area contributed by atoms with Crippen molar-refractivity contribution in [3.63, 3.8) is 0 Å². The van der Waals surface area contributed by atoms with E-state index >= 15 is 0 Å². The Morgan fingerprint density at radius 2 is 0.963 bits per heavy atom. The highest BCUT2D eigenvalue weighted by molar-refractivity contribution is 8.04. The fourth-order valence-corrected chi connectivity index (χ4v) is 4.92. The maximum atomic E-state index is 10.9. The van der Waals surface area contributed by atoms with Crippen LogP contribution >= 0.6 is 0 Å². The van der Waals surface area contributed by atoms with Crippen LogP contribution in [0.15, 0.2) is 0 Å². The van der Waals surface area contributed by atoms with E-state index in [4.69, 9.17) is 9.11 Å². The SMILES string of the molecule is CCCCCCCCCCCCCCCCNCC(S(=O)(=O)O)S(=O)(=O)O. The number of hydrogen-bond acceptors (Lipinski definition) is 5. The number of hydrogen-bond donors (Lipinski definition) is 3. The molecule has 0 unspecified atom stereocenters. The van der Waals surface area contributed by atoms with Crippen molar-refractivity contribution in [1.82, 2.24) is 5.32 Å². The van der Waals surface area contributed by atoms with Gasteiger partial charge >= 0.3 is 0 Å². The van der Waals surface area contributed by atoms with Crippen LogP contribution < -0.4 is 5.32 Å². The zero-order chi connectivity index (χ0) is 20.6. The van der Waals surface area contributed by atoms with Crippen LogP contribution in [0.2, 0.25) is 0 Å². The van der Waals surface area contributed by atoms with Gasteiger partial charge in [-0.15, -0.1) is 0 Å². The molecule has 0 saturated carbocycles. The van der Waals surface area contributed by atoms with E-state index in [9.17, 15) is 16.8 Å². The van der Waals surface area contributed by atoms with Crippen molar-refractivity contribution in [2.45, 2.75) is 101 Å². The summed E-state index contributed by atoms with van der Waals surface area (Å²) >= 11 is 0. The van der Waals surface area contributed by atoms with E-state index in [0.717, 1.165) is 19.3 Å². The average molecular weight is 430 g/mol. The van der Waals surface area contributed by atoms with Gasteiger partial charge in [-0.2, -0.15) is 16.8 Å². The lowest BCUT2D eigenvalue weighted by Gasteiger charge is -2.11. The quantitative estimate of drug-likeness (QED) is 0.208. The maximum Gasteiger partial charge on any atom is 0.286 e. The van der Waals surface area contributed by atoms with Gasteiger partial charge in [0.05, 0.1) is 0 Å².